The van der Waals surface area contributed by atoms with Crippen LogP contribution >= 0.6 is 11.6 Å². The quantitative estimate of drug-likeness (QED) is 0.789. The summed E-state index contributed by atoms with van der Waals surface area (Å²) in [7, 11) is 0. The van der Waals surface area contributed by atoms with Gasteiger partial charge in [0.05, 0.1) is 6.42 Å². The molecule has 0 fully saturated rings. The van der Waals surface area contributed by atoms with Gasteiger partial charge in [-0.05, 0) is 12.0 Å². The Kier molecular flexibility index (Phi) is 4.15. The van der Waals surface area contributed by atoms with Crippen molar-refractivity contribution < 1.29 is 14.3 Å². The number of ketones is 1. The second-order valence-corrected chi connectivity index (χ2v) is 4.53. The highest BCUT2D eigenvalue weighted by atomic mass is 35.5. The lowest BCUT2D eigenvalue weighted by Crippen LogP contribution is -2.14. The largest absolute Gasteiger partial charge is 0.429 e. The van der Waals surface area contributed by atoms with Crippen LogP contribution in [0.15, 0.2) is 41.1 Å². The van der Waals surface area contributed by atoms with Gasteiger partial charge in [0.2, 0.25) is 0 Å². The Morgan fingerprint density at radius 1 is 1.22 bits per heavy atom. The third kappa shape index (κ3) is 3.20. The number of Topliss-reactive ketones (excluding diaryl/α,β-unsaturated/α-hetero) is 1. The highest BCUT2D eigenvalue weighted by Gasteiger charge is 2.22. The van der Waals surface area contributed by atoms with Gasteiger partial charge in [0.15, 0.2) is 5.78 Å². The predicted octanol–water partition coefficient (Wildman–Crippen LogP) is 2.98. The summed E-state index contributed by atoms with van der Waals surface area (Å²) in [5.74, 6) is -0.219. The predicted molar refractivity (Wildman–Crippen MR) is 68.0 cm³/mol. The molecule has 0 saturated heterocycles. The van der Waals surface area contributed by atoms with Gasteiger partial charge in [-0.3, -0.25) is 9.59 Å². The lowest BCUT2D eigenvalue weighted by Gasteiger charge is -2.14. The molecule has 0 N–H and O–H groups in total. The van der Waals surface area contributed by atoms with Gasteiger partial charge < -0.3 is 4.74 Å². The molecule has 2 rings (SSSR count). The van der Waals surface area contributed by atoms with Crippen molar-refractivity contribution in [3.8, 4) is 0 Å². The van der Waals surface area contributed by atoms with E-state index in [4.69, 9.17) is 16.3 Å². The second kappa shape index (κ2) is 5.83. The average Bonchev–Trinajstić information content (AvgIpc) is 2.36. The van der Waals surface area contributed by atoms with E-state index in [1.807, 2.05) is 30.3 Å². The number of halogens is 1. The van der Waals surface area contributed by atoms with E-state index < -0.39 is 0 Å². The van der Waals surface area contributed by atoms with Gasteiger partial charge in [0.25, 0.3) is 0 Å². The van der Waals surface area contributed by atoms with E-state index in [1.165, 1.54) is 0 Å². The SMILES string of the molecule is O=C(Cc1ccccc1)OC1=C(Cl)C(=O)CCC1. The fraction of sp³-hybridized carbons (Fsp3) is 0.286. The first-order valence-electron chi connectivity index (χ1n) is 5.83. The Morgan fingerprint density at radius 2 is 1.94 bits per heavy atom. The first-order valence-corrected chi connectivity index (χ1v) is 6.21. The van der Waals surface area contributed by atoms with Gasteiger partial charge in [-0.2, -0.15) is 0 Å². The molecule has 0 atom stereocenters. The van der Waals surface area contributed by atoms with Crippen LogP contribution < -0.4 is 0 Å². The van der Waals surface area contributed by atoms with E-state index in [9.17, 15) is 9.59 Å². The molecule has 94 valence electrons. The van der Waals surface area contributed by atoms with Crippen molar-refractivity contribution in [2.75, 3.05) is 0 Å². The molecule has 0 saturated carbocycles. The van der Waals surface area contributed by atoms with E-state index in [1.54, 1.807) is 0 Å². The number of esters is 1. The molecule has 0 heterocycles. The van der Waals surface area contributed by atoms with Gasteiger partial charge in [-0.15, -0.1) is 0 Å². The molecule has 0 aliphatic heterocycles. The third-order valence-electron chi connectivity index (χ3n) is 2.73. The Balaban J connectivity index is 2.00. The molecule has 0 radical (unpaired) electrons. The van der Waals surface area contributed by atoms with Crippen LogP contribution in [-0.4, -0.2) is 11.8 Å². The molecule has 0 bridgehead atoms. The van der Waals surface area contributed by atoms with Crippen LogP contribution in [0.3, 0.4) is 0 Å². The number of allylic oxidation sites excluding steroid dienone is 2. The first kappa shape index (κ1) is 12.8. The van der Waals surface area contributed by atoms with Gasteiger partial charge in [-0.1, -0.05) is 41.9 Å². The van der Waals surface area contributed by atoms with Crippen LogP contribution in [0.4, 0.5) is 0 Å². The topological polar surface area (TPSA) is 43.4 Å². The molecule has 18 heavy (non-hydrogen) atoms. The lowest BCUT2D eigenvalue weighted by molar-refractivity contribution is -0.139. The molecule has 0 aromatic heterocycles. The summed E-state index contributed by atoms with van der Waals surface area (Å²) >= 11 is 5.83. The minimum absolute atomic E-state index is 0.0719. The highest BCUT2D eigenvalue weighted by Crippen LogP contribution is 2.25. The summed E-state index contributed by atoms with van der Waals surface area (Å²) in [6.07, 6.45) is 1.84. The van der Waals surface area contributed by atoms with E-state index in [0.717, 1.165) is 5.56 Å². The standard InChI is InChI=1S/C14H13ClO3/c15-14-11(16)7-4-8-12(14)18-13(17)9-10-5-2-1-3-6-10/h1-3,5-6H,4,7-9H2. The second-order valence-electron chi connectivity index (χ2n) is 4.15. The van der Waals surface area contributed by atoms with Crippen LogP contribution in [0.25, 0.3) is 0 Å². The zero-order valence-electron chi connectivity index (χ0n) is 9.82. The maximum Gasteiger partial charge on any atom is 0.315 e. The van der Waals surface area contributed by atoms with Crippen molar-refractivity contribution in [3.63, 3.8) is 0 Å². The fourth-order valence-electron chi connectivity index (χ4n) is 1.82. The number of hydrogen-bond acceptors (Lipinski definition) is 3. The third-order valence-corrected chi connectivity index (χ3v) is 3.15. The van der Waals surface area contributed by atoms with E-state index in [0.29, 0.717) is 25.0 Å². The van der Waals surface area contributed by atoms with Gasteiger partial charge >= 0.3 is 5.97 Å². The van der Waals surface area contributed by atoms with Crippen LogP contribution in [0.2, 0.25) is 0 Å². The van der Waals surface area contributed by atoms with Crippen LogP contribution in [0.1, 0.15) is 24.8 Å². The number of ether oxygens (including phenoxy) is 1. The van der Waals surface area contributed by atoms with Gasteiger partial charge in [0, 0.05) is 12.8 Å². The Hall–Kier alpha value is -1.61. The highest BCUT2D eigenvalue weighted by molar-refractivity contribution is 6.43. The van der Waals surface area contributed by atoms with Crippen molar-refractivity contribution in [2.45, 2.75) is 25.7 Å². The van der Waals surface area contributed by atoms with E-state index in [-0.39, 0.29) is 23.2 Å². The lowest BCUT2D eigenvalue weighted by atomic mass is 10.0. The van der Waals surface area contributed by atoms with E-state index in [2.05, 4.69) is 0 Å². The molecule has 1 aliphatic rings. The number of rotatable bonds is 3. The molecule has 3 nitrogen and oxygen atoms in total. The molecule has 0 amide bonds. The Morgan fingerprint density at radius 3 is 2.67 bits per heavy atom. The summed E-state index contributed by atoms with van der Waals surface area (Å²) in [5, 5.41) is 0.0719. The van der Waals surface area contributed by atoms with Crippen molar-refractivity contribution in [1.29, 1.82) is 0 Å². The van der Waals surface area contributed by atoms with Gasteiger partial charge in [-0.25, -0.2) is 0 Å². The molecule has 0 spiro atoms. The van der Waals surface area contributed by atoms with Crippen molar-refractivity contribution in [2.24, 2.45) is 0 Å². The Labute approximate surface area is 110 Å². The van der Waals surface area contributed by atoms with Crippen LogP contribution in [0, 0.1) is 0 Å². The summed E-state index contributed by atoms with van der Waals surface area (Å²) in [4.78, 5) is 23.1. The number of hydrogen-bond donors (Lipinski definition) is 0. The molecular weight excluding hydrogens is 252 g/mol. The smallest absolute Gasteiger partial charge is 0.315 e. The zero-order valence-corrected chi connectivity index (χ0v) is 10.6. The molecule has 4 heteroatoms. The summed E-state index contributed by atoms with van der Waals surface area (Å²) < 4.78 is 5.17. The Bertz CT molecular complexity index is 491. The minimum atomic E-state index is -0.385. The van der Waals surface area contributed by atoms with Crippen molar-refractivity contribution >= 4 is 23.4 Å². The summed E-state index contributed by atoms with van der Waals surface area (Å²) in [6, 6.07) is 9.30. The molecular formula is C14H13ClO3. The minimum Gasteiger partial charge on any atom is -0.429 e. The summed E-state index contributed by atoms with van der Waals surface area (Å²) in [6.45, 7) is 0. The zero-order chi connectivity index (χ0) is 13.0. The van der Waals surface area contributed by atoms with Gasteiger partial charge in [0.1, 0.15) is 10.8 Å². The maximum atomic E-state index is 11.7. The number of carbonyl (C=O) groups excluding carboxylic acids is 2. The van der Waals surface area contributed by atoms with E-state index >= 15 is 0 Å². The first-order chi connectivity index (χ1) is 8.66. The van der Waals surface area contributed by atoms with Crippen LogP contribution in [0.5, 0.6) is 0 Å². The molecule has 1 aromatic carbocycles. The molecule has 0 unspecified atom stereocenters. The maximum absolute atomic E-state index is 11.7. The fourth-order valence-corrected chi connectivity index (χ4v) is 2.04. The molecule has 1 aromatic rings. The monoisotopic (exact) mass is 264 g/mol. The molecule has 1 aliphatic carbocycles. The normalized spacial score (nSPS) is 15.7. The van der Waals surface area contributed by atoms with Crippen molar-refractivity contribution in [3.05, 3.63) is 46.7 Å². The number of carbonyl (C=O) groups is 2. The number of benzene rings is 1. The summed E-state index contributed by atoms with van der Waals surface area (Å²) in [5.41, 5.74) is 0.876. The van der Waals surface area contributed by atoms with Crippen LogP contribution in [-0.2, 0) is 20.7 Å². The average molecular weight is 265 g/mol. The van der Waals surface area contributed by atoms with Crippen molar-refractivity contribution in [1.82, 2.24) is 0 Å².